The van der Waals surface area contributed by atoms with Crippen molar-refractivity contribution in [2.75, 3.05) is 13.7 Å². The first-order chi connectivity index (χ1) is 9.26. The van der Waals surface area contributed by atoms with Crippen LogP contribution in [0, 0.1) is 0 Å². The van der Waals surface area contributed by atoms with E-state index in [1.54, 1.807) is 7.11 Å². The van der Waals surface area contributed by atoms with Crippen LogP contribution in [0.25, 0.3) is 0 Å². The van der Waals surface area contributed by atoms with E-state index in [1.165, 1.54) is 6.42 Å². The average molecular weight is 281 g/mol. The van der Waals surface area contributed by atoms with E-state index in [2.05, 4.69) is 12.2 Å². The van der Waals surface area contributed by atoms with Crippen LogP contribution in [-0.2, 0) is 10.8 Å². The summed E-state index contributed by atoms with van der Waals surface area (Å²) in [6.45, 7) is 3.18. The molecule has 1 aromatic rings. The molecule has 0 radical (unpaired) electrons. The van der Waals surface area contributed by atoms with E-state index in [9.17, 15) is 4.21 Å². The third kappa shape index (κ3) is 3.57. The van der Waals surface area contributed by atoms with Crippen LogP contribution in [-0.4, -0.2) is 29.2 Å². The van der Waals surface area contributed by atoms with Gasteiger partial charge in [-0.1, -0.05) is 13.3 Å². The van der Waals surface area contributed by atoms with Gasteiger partial charge in [-0.25, -0.2) is 0 Å². The molecule has 0 amide bonds. The summed E-state index contributed by atoms with van der Waals surface area (Å²) in [5, 5.41) is 3.79. The lowest BCUT2D eigenvalue weighted by Crippen LogP contribution is -2.38. The van der Waals surface area contributed by atoms with Crippen molar-refractivity contribution in [1.82, 2.24) is 5.32 Å². The summed E-state index contributed by atoms with van der Waals surface area (Å²) in [7, 11) is 0.726. The van der Waals surface area contributed by atoms with Crippen molar-refractivity contribution in [3.8, 4) is 5.75 Å². The minimum absolute atomic E-state index is 0.250. The molecule has 1 aromatic carbocycles. The molecule has 1 aliphatic carbocycles. The summed E-state index contributed by atoms with van der Waals surface area (Å²) >= 11 is 0. The molecular formula is C15H23NO2S. The molecule has 3 nitrogen and oxygen atoms in total. The maximum absolute atomic E-state index is 12.7. The predicted octanol–water partition coefficient (Wildman–Crippen LogP) is 2.72. The summed E-state index contributed by atoms with van der Waals surface area (Å²) in [6, 6.07) is 8.02. The highest BCUT2D eigenvalue weighted by Crippen LogP contribution is 2.28. The summed E-state index contributed by atoms with van der Waals surface area (Å²) in [5.74, 6) is 0.813. The quantitative estimate of drug-likeness (QED) is 0.871. The molecule has 19 heavy (non-hydrogen) atoms. The second kappa shape index (κ2) is 7.06. The smallest absolute Gasteiger partial charge is 0.118 e. The molecule has 0 bridgehead atoms. The van der Waals surface area contributed by atoms with E-state index in [-0.39, 0.29) is 5.25 Å². The molecular weight excluding hydrogens is 258 g/mol. The fraction of sp³-hybridized carbons (Fsp3) is 0.600. The second-order valence-corrected chi connectivity index (χ2v) is 6.67. The van der Waals surface area contributed by atoms with Gasteiger partial charge in [-0.05, 0) is 50.1 Å². The zero-order valence-electron chi connectivity index (χ0n) is 11.7. The van der Waals surface area contributed by atoms with Gasteiger partial charge in [-0.3, -0.25) is 4.21 Å². The molecule has 4 heteroatoms. The topological polar surface area (TPSA) is 38.3 Å². The first-order valence-corrected chi connectivity index (χ1v) is 8.25. The number of methoxy groups -OCH3 is 1. The molecule has 0 spiro atoms. The third-order valence-electron chi connectivity index (χ3n) is 3.68. The summed E-state index contributed by atoms with van der Waals surface area (Å²) in [6.07, 6.45) is 4.50. The number of benzene rings is 1. The molecule has 0 aromatic heterocycles. The van der Waals surface area contributed by atoms with Crippen molar-refractivity contribution in [3.63, 3.8) is 0 Å². The molecule has 1 fully saturated rings. The fourth-order valence-electron chi connectivity index (χ4n) is 2.63. The van der Waals surface area contributed by atoms with Gasteiger partial charge < -0.3 is 10.1 Å². The van der Waals surface area contributed by atoms with Crippen molar-refractivity contribution in [3.05, 3.63) is 24.3 Å². The minimum Gasteiger partial charge on any atom is -0.497 e. The van der Waals surface area contributed by atoms with Crippen molar-refractivity contribution in [2.45, 2.75) is 48.8 Å². The van der Waals surface area contributed by atoms with Crippen molar-refractivity contribution < 1.29 is 8.95 Å². The fourth-order valence-corrected chi connectivity index (χ4v) is 4.30. The Kier molecular flexibility index (Phi) is 5.40. The lowest BCUT2D eigenvalue weighted by Gasteiger charge is -2.20. The second-order valence-electron chi connectivity index (χ2n) is 5.00. The van der Waals surface area contributed by atoms with Gasteiger partial charge in [0, 0.05) is 10.9 Å². The Morgan fingerprint density at radius 3 is 2.68 bits per heavy atom. The molecule has 3 atom stereocenters. The molecule has 0 saturated heterocycles. The Labute approximate surface area is 118 Å². The van der Waals surface area contributed by atoms with Crippen LogP contribution in [0.1, 0.15) is 32.6 Å². The molecule has 0 aliphatic heterocycles. The molecule has 0 heterocycles. The van der Waals surface area contributed by atoms with E-state index in [0.29, 0.717) is 6.04 Å². The monoisotopic (exact) mass is 281 g/mol. The Morgan fingerprint density at radius 1 is 1.32 bits per heavy atom. The molecule has 1 saturated carbocycles. The van der Waals surface area contributed by atoms with Gasteiger partial charge in [0.2, 0.25) is 0 Å². The zero-order chi connectivity index (χ0) is 13.7. The lowest BCUT2D eigenvalue weighted by atomic mass is 10.2. The normalized spacial score (nSPS) is 24.3. The van der Waals surface area contributed by atoms with Crippen LogP contribution < -0.4 is 10.1 Å². The van der Waals surface area contributed by atoms with Crippen LogP contribution >= 0.6 is 0 Å². The standard InChI is InChI=1S/C15H23NO2S/c1-3-11-16-14-5-4-6-15(14)19(17)13-9-7-12(18-2)8-10-13/h7-10,14-16H,3-6,11H2,1-2H3. The summed E-state index contributed by atoms with van der Waals surface area (Å²) < 4.78 is 17.8. The molecule has 1 N–H and O–H groups in total. The van der Waals surface area contributed by atoms with Crippen molar-refractivity contribution >= 4 is 10.8 Å². The number of hydrogen-bond acceptors (Lipinski definition) is 3. The minimum atomic E-state index is -0.921. The number of rotatable bonds is 6. The van der Waals surface area contributed by atoms with Gasteiger partial charge in [-0.2, -0.15) is 0 Å². The SMILES string of the molecule is CCCNC1CCCC1S(=O)c1ccc(OC)cc1. The predicted molar refractivity (Wildman–Crippen MR) is 79.1 cm³/mol. The van der Waals surface area contributed by atoms with Gasteiger partial charge in [-0.15, -0.1) is 0 Å². The number of hydrogen-bond donors (Lipinski definition) is 1. The molecule has 2 rings (SSSR count). The van der Waals surface area contributed by atoms with Crippen LogP contribution in [0.2, 0.25) is 0 Å². The van der Waals surface area contributed by atoms with Crippen molar-refractivity contribution in [1.29, 1.82) is 0 Å². The van der Waals surface area contributed by atoms with Crippen LogP contribution in [0.4, 0.5) is 0 Å². The summed E-state index contributed by atoms with van der Waals surface area (Å²) in [4.78, 5) is 0.913. The van der Waals surface area contributed by atoms with E-state index in [1.807, 2.05) is 24.3 Å². The highest BCUT2D eigenvalue weighted by atomic mass is 32.2. The maximum Gasteiger partial charge on any atom is 0.118 e. The Hall–Kier alpha value is -0.870. The lowest BCUT2D eigenvalue weighted by molar-refractivity contribution is 0.414. The Bertz CT molecular complexity index is 419. The van der Waals surface area contributed by atoms with E-state index < -0.39 is 10.8 Å². The Morgan fingerprint density at radius 2 is 2.05 bits per heavy atom. The van der Waals surface area contributed by atoms with Crippen LogP contribution in [0.15, 0.2) is 29.2 Å². The van der Waals surface area contributed by atoms with E-state index in [0.717, 1.165) is 36.5 Å². The first kappa shape index (κ1) is 14.5. The van der Waals surface area contributed by atoms with Gasteiger partial charge >= 0.3 is 0 Å². The maximum atomic E-state index is 12.7. The largest absolute Gasteiger partial charge is 0.497 e. The van der Waals surface area contributed by atoms with Gasteiger partial charge in [0.15, 0.2) is 0 Å². The first-order valence-electron chi connectivity index (χ1n) is 7.04. The molecule has 3 unspecified atom stereocenters. The van der Waals surface area contributed by atoms with Crippen LogP contribution in [0.5, 0.6) is 5.75 Å². The molecule has 1 aliphatic rings. The number of ether oxygens (including phenoxy) is 1. The van der Waals surface area contributed by atoms with E-state index >= 15 is 0 Å². The average Bonchev–Trinajstić information content (AvgIpc) is 2.92. The highest BCUT2D eigenvalue weighted by molar-refractivity contribution is 7.85. The Balaban J connectivity index is 2.04. The third-order valence-corrected chi connectivity index (χ3v) is 5.53. The van der Waals surface area contributed by atoms with Gasteiger partial charge in [0.05, 0.1) is 23.2 Å². The molecule has 106 valence electrons. The zero-order valence-corrected chi connectivity index (χ0v) is 12.5. The van der Waals surface area contributed by atoms with Crippen molar-refractivity contribution in [2.24, 2.45) is 0 Å². The van der Waals surface area contributed by atoms with Gasteiger partial charge in [0.1, 0.15) is 5.75 Å². The van der Waals surface area contributed by atoms with Gasteiger partial charge in [0.25, 0.3) is 0 Å². The number of nitrogens with one attached hydrogen (secondary N) is 1. The van der Waals surface area contributed by atoms with E-state index in [4.69, 9.17) is 4.74 Å². The van der Waals surface area contributed by atoms with Crippen LogP contribution in [0.3, 0.4) is 0 Å². The summed E-state index contributed by atoms with van der Waals surface area (Å²) in [5.41, 5.74) is 0. The highest BCUT2D eigenvalue weighted by Gasteiger charge is 2.32.